The Kier molecular flexibility index (Phi) is 10.7. The molecule has 2 saturated heterocycles. The Bertz CT molecular complexity index is 2490. The molecule has 16 heteroatoms. The smallest absolute Gasteiger partial charge is 0.311 e. The highest BCUT2D eigenvalue weighted by Crippen LogP contribution is 2.27. The van der Waals surface area contributed by atoms with Crippen molar-refractivity contribution < 1.29 is 5.11 Å². The number of benzene rings is 1. The van der Waals surface area contributed by atoms with Gasteiger partial charge in [0.2, 0.25) is 11.9 Å². The number of aryl methyl sites for hydroxylation is 4. The van der Waals surface area contributed by atoms with Gasteiger partial charge in [0.15, 0.2) is 11.3 Å². The topological polar surface area (TPSA) is 202 Å². The predicted octanol–water partition coefficient (Wildman–Crippen LogP) is 4.93. The molecule has 7 heterocycles. The number of nitrogens with two attached hydrogens (primary N) is 2. The van der Waals surface area contributed by atoms with Crippen molar-refractivity contribution in [2.75, 3.05) is 48.3 Å². The predicted molar refractivity (Wildman–Crippen MR) is 223 cm³/mol. The zero-order valence-corrected chi connectivity index (χ0v) is 33.0. The number of aromatic nitrogens is 8. The first-order valence-corrected chi connectivity index (χ1v) is 19.6. The largest absolute Gasteiger partial charge is 0.508 e. The monoisotopic (exact) mass is 768 g/mol. The summed E-state index contributed by atoms with van der Waals surface area (Å²) < 4.78 is 1.84. The Morgan fingerprint density at radius 1 is 0.772 bits per heavy atom. The van der Waals surface area contributed by atoms with Crippen LogP contribution in [-0.2, 0) is 26.7 Å². The minimum absolute atomic E-state index is 0.215. The lowest BCUT2D eigenvalue weighted by molar-refractivity contribution is 0.209. The average Bonchev–Trinajstić information content (AvgIpc) is 3.57. The van der Waals surface area contributed by atoms with E-state index in [2.05, 4.69) is 62.6 Å². The van der Waals surface area contributed by atoms with E-state index in [1.165, 1.54) is 5.56 Å². The van der Waals surface area contributed by atoms with Gasteiger partial charge in [0, 0.05) is 87.5 Å². The molecule has 2 fully saturated rings. The summed E-state index contributed by atoms with van der Waals surface area (Å²) in [5.41, 5.74) is 20.2. The van der Waals surface area contributed by atoms with Gasteiger partial charge in [-0.2, -0.15) is 25.0 Å². The molecule has 0 unspecified atom stereocenters. The molecule has 0 saturated carbocycles. The summed E-state index contributed by atoms with van der Waals surface area (Å²) in [6.45, 7) is 11.5. The number of piperidine rings is 2. The van der Waals surface area contributed by atoms with E-state index in [1.54, 1.807) is 6.07 Å². The third-order valence-corrected chi connectivity index (χ3v) is 10.9. The van der Waals surface area contributed by atoms with Gasteiger partial charge in [-0.15, -0.1) is 0 Å². The minimum Gasteiger partial charge on any atom is -0.508 e. The summed E-state index contributed by atoms with van der Waals surface area (Å²) in [4.78, 5) is 37.2. The number of hydrogen-bond donors (Lipinski definition) is 5. The minimum atomic E-state index is 0.215. The van der Waals surface area contributed by atoms with Gasteiger partial charge in [0.1, 0.15) is 28.6 Å². The second kappa shape index (κ2) is 16.1. The molecule has 57 heavy (non-hydrogen) atoms. The molecule has 7 N–H and O–H groups in total. The van der Waals surface area contributed by atoms with Gasteiger partial charge in [0.25, 0.3) is 0 Å². The Hall–Kier alpha value is -6.18. The van der Waals surface area contributed by atoms with Gasteiger partial charge >= 0.3 is 12.6 Å². The van der Waals surface area contributed by atoms with E-state index in [4.69, 9.17) is 21.4 Å². The molecule has 0 aliphatic carbocycles. The highest BCUT2D eigenvalue weighted by molar-refractivity contribution is 5.90. The summed E-state index contributed by atoms with van der Waals surface area (Å²) in [7, 11) is 1.94. The first kappa shape index (κ1) is 37.7. The average molecular weight is 769 g/mol. The summed E-state index contributed by atoms with van der Waals surface area (Å²) in [6.07, 6.45) is 7.77. The summed E-state index contributed by atoms with van der Waals surface area (Å²) in [5.74, 6) is 2.07. The number of likely N-dealkylation sites (tertiary alicyclic amines) is 2. The standard InChI is InChI=1S/C41H49N15O/c1-24-15-26(3)46-38-34(24)36(42)50-40(52-38)48-31-9-13-56(14-10-31)23-29-6-5-27(17-33(29)57)18-44-20-32-16-25(2)35-37(43)51-41(53-39(35)47-32)49-30-7-11-55(12-8-30)22-28-19-45-54(4)21-28/h5-6,15-17,19,21,30-31H,7-14,20,22-23H2,1-4H3,(H6-,42,43,46,47,48,49,50,51,52,53,57)/p+1. The molecule has 0 radical (unpaired) electrons. The quantitative estimate of drug-likeness (QED) is 0.133. The number of phenolic OH excluding ortho intramolecular Hbond substituents is 1. The molecule has 0 atom stereocenters. The van der Waals surface area contributed by atoms with Crippen molar-refractivity contribution in [1.82, 2.24) is 49.5 Å². The SMILES string of the molecule is Cc1cc(C)c2c(N)nc(NC3CCN(Cc4ccc(C#[N+]Cc5cc(C)c6c(N)nc(NC7CCN(Cc8cnn(C)c8)CC7)nc6n5)cc4O)CC3)nc2n1. The molecule has 0 spiro atoms. The number of pyridine rings is 2. The van der Waals surface area contributed by atoms with E-state index in [0.717, 1.165) is 97.3 Å². The van der Waals surface area contributed by atoms with E-state index in [9.17, 15) is 5.11 Å². The number of nitrogens with one attached hydrogen (secondary N) is 2. The molecule has 2 aliphatic rings. The van der Waals surface area contributed by atoms with Crippen LogP contribution in [0.5, 0.6) is 5.75 Å². The molecular formula is C41H50N15O+. The van der Waals surface area contributed by atoms with Crippen LogP contribution in [0.3, 0.4) is 0 Å². The van der Waals surface area contributed by atoms with Gasteiger partial charge in [0.05, 0.1) is 17.0 Å². The molecule has 2 aliphatic heterocycles. The van der Waals surface area contributed by atoms with Crippen molar-refractivity contribution in [3.8, 4) is 11.8 Å². The van der Waals surface area contributed by atoms with Crippen LogP contribution >= 0.6 is 0 Å². The van der Waals surface area contributed by atoms with Gasteiger partial charge in [-0.1, -0.05) is 10.9 Å². The number of rotatable bonds is 9. The van der Waals surface area contributed by atoms with Crippen LogP contribution in [-0.4, -0.2) is 92.9 Å². The van der Waals surface area contributed by atoms with E-state index in [0.29, 0.717) is 53.5 Å². The maximum absolute atomic E-state index is 10.9. The fraction of sp³-hybridized carbons (Fsp3) is 0.415. The van der Waals surface area contributed by atoms with Gasteiger partial charge in [-0.3, -0.25) is 14.5 Å². The van der Waals surface area contributed by atoms with E-state index in [-0.39, 0.29) is 17.8 Å². The molecule has 6 aromatic rings. The number of aromatic hydroxyl groups is 1. The zero-order chi connectivity index (χ0) is 39.6. The van der Waals surface area contributed by atoms with E-state index < -0.39 is 0 Å². The van der Waals surface area contributed by atoms with E-state index in [1.807, 2.05) is 63.0 Å². The number of nitrogen functional groups attached to an aromatic ring is 2. The molecule has 8 rings (SSSR count). The van der Waals surface area contributed by atoms with Crippen molar-refractivity contribution in [3.63, 3.8) is 0 Å². The molecule has 0 bridgehead atoms. The third-order valence-electron chi connectivity index (χ3n) is 10.9. The molecule has 294 valence electrons. The fourth-order valence-corrected chi connectivity index (χ4v) is 8.00. The van der Waals surface area contributed by atoms with Crippen molar-refractivity contribution in [2.45, 2.75) is 78.2 Å². The second-order valence-corrected chi connectivity index (χ2v) is 15.5. The Morgan fingerprint density at radius 3 is 1.96 bits per heavy atom. The number of hydrogen-bond acceptors (Lipinski definition) is 14. The molecule has 1 aromatic carbocycles. The third kappa shape index (κ3) is 8.79. The van der Waals surface area contributed by atoms with Crippen molar-refractivity contribution in [2.24, 2.45) is 7.05 Å². The van der Waals surface area contributed by atoms with Crippen LogP contribution in [0.25, 0.3) is 26.9 Å². The first-order chi connectivity index (χ1) is 27.5. The molecular weight excluding hydrogens is 719 g/mol. The second-order valence-electron chi connectivity index (χ2n) is 15.5. The van der Waals surface area contributed by atoms with Crippen LogP contribution < -0.4 is 22.1 Å². The van der Waals surface area contributed by atoms with Crippen LogP contribution in [0, 0.1) is 26.8 Å². The Morgan fingerprint density at radius 2 is 1.37 bits per heavy atom. The molecule has 5 aromatic heterocycles. The first-order valence-electron chi connectivity index (χ1n) is 19.6. The lowest BCUT2D eigenvalue weighted by Crippen LogP contribution is -2.39. The maximum Gasteiger partial charge on any atom is 0.311 e. The molecule has 0 amide bonds. The Labute approximate surface area is 331 Å². The summed E-state index contributed by atoms with van der Waals surface area (Å²) in [5, 5.41) is 23.7. The molecule has 16 nitrogen and oxygen atoms in total. The van der Waals surface area contributed by atoms with Crippen LogP contribution in [0.2, 0.25) is 0 Å². The number of fused-ring (bicyclic) bond motifs is 2. The van der Waals surface area contributed by atoms with Gasteiger partial charge < -0.3 is 27.2 Å². The summed E-state index contributed by atoms with van der Waals surface area (Å²) >= 11 is 0. The Balaban J connectivity index is 0.842. The normalized spacial score (nSPS) is 15.9. The lowest BCUT2D eigenvalue weighted by atomic mass is 10.0. The van der Waals surface area contributed by atoms with Gasteiger partial charge in [-0.25, -0.2) is 9.97 Å². The highest BCUT2D eigenvalue weighted by Gasteiger charge is 2.23. The van der Waals surface area contributed by atoms with Crippen LogP contribution in [0.1, 0.15) is 64.9 Å². The van der Waals surface area contributed by atoms with Crippen LogP contribution in [0.15, 0.2) is 42.7 Å². The van der Waals surface area contributed by atoms with Gasteiger partial charge in [-0.05, 0) is 75.8 Å². The van der Waals surface area contributed by atoms with Crippen molar-refractivity contribution in [1.29, 1.82) is 0 Å². The summed E-state index contributed by atoms with van der Waals surface area (Å²) in [6, 6.07) is 13.1. The van der Waals surface area contributed by atoms with Crippen molar-refractivity contribution in [3.05, 3.63) is 86.8 Å². The zero-order valence-electron chi connectivity index (χ0n) is 33.0. The number of phenols is 1. The fourth-order valence-electron chi connectivity index (χ4n) is 8.00. The van der Waals surface area contributed by atoms with E-state index >= 15 is 0 Å². The van der Waals surface area contributed by atoms with Crippen molar-refractivity contribution >= 4 is 45.6 Å². The lowest BCUT2D eigenvalue weighted by Gasteiger charge is -2.32. The van der Waals surface area contributed by atoms with Crippen LogP contribution in [0.4, 0.5) is 23.5 Å². The number of anilines is 4. The highest BCUT2D eigenvalue weighted by atomic mass is 16.3. The maximum atomic E-state index is 10.9. The number of nitrogens with zero attached hydrogens (tertiary/aromatic N) is 11.